The number of piperazine rings is 1. The number of β-amino-alcohol motifs (C(OH)–C–C–N with tert-alkyl or cyclic N) is 1. The van der Waals surface area contributed by atoms with E-state index in [2.05, 4.69) is 4.90 Å². The first kappa shape index (κ1) is 20.1. The van der Waals surface area contributed by atoms with Crippen LogP contribution in [0.5, 0.6) is 0 Å². The van der Waals surface area contributed by atoms with Crippen molar-refractivity contribution in [1.82, 2.24) is 9.21 Å². The van der Waals surface area contributed by atoms with Crippen LogP contribution in [-0.2, 0) is 14.8 Å². The summed E-state index contributed by atoms with van der Waals surface area (Å²) in [6.45, 7) is 7.79. The highest BCUT2D eigenvalue weighted by molar-refractivity contribution is 7.89. The van der Waals surface area contributed by atoms with Crippen LogP contribution in [0.4, 0.5) is 0 Å². The van der Waals surface area contributed by atoms with Gasteiger partial charge in [0.05, 0.1) is 17.5 Å². The largest absolute Gasteiger partial charge is 0.389 e. The second kappa shape index (κ2) is 7.99. The highest BCUT2D eigenvalue weighted by Gasteiger charge is 2.36. The van der Waals surface area contributed by atoms with E-state index in [1.165, 1.54) is 12.8 Å². The Bertz CT molecular complexity index is 497. The normalized spacial score (nSPS) is 26.8. The molecule has 1 saturated carbocycles. The van der Waals surface area contributed by atoms with Crippen molar-refractivity contribution in [3.05, 3.63) is 0 Å². The van der Waals surface area contributed by atoms with Crippen LogP contribution in [-0.4, -0.2) is 79.5 Å². The van der Waals surface area contributed by atoms with E-state index in [1.807, 2.05) is 6.92 Å². The molecule has 0 aromatic heterocycles. The molecule has 2 rings (SSSR count). The topological polar surface area (TPSA) is 70.1 Å². The fourth-order valence-corrected chi connectivity index (χ4v) is 5.82. The van der Waals surface area contributed by atoms with E-state index in [-0.39, 0.29) is 17.9 Å². The summed E-state index contributed by atoms with van der Waals surface area (Å²) < 4.78 is 32.8. The molecular weight excluding hydrogens is 328 g/mol. The zero-order chi connectivity index (χ0) is 18.0. The van der Waals surface area contributed by atoms with E-state index in [0.29, 0.717) is 32.1 Å². The summed E-state index contributed by atoms with van der Waals surface area (Å²) >= 11 is 0. The average molecular weight is 363 g/mol. The lowest BCUT2D eigenvalue weighted by molar-refractivity contribution is 0.00765. The Morgan fingerprint density at radius 3 is 2.38 bits per heavy atom. The number of hydrogen-bond donors (Lipinski definition) is 1. The third-order valence-corrected chi connectivity index (χ3v) is 7.18. The molecule has 0 aromatic carbocycles. The van der Waals surface area contributed by atoms with Crippen LogP contribution in [0.1, 0.15) is 46.5 Å². The SMILES string of the molecule is COC(CS(=O)(=O)N1CCN(CC(C)(C)O)C(C)C1)C1CCCC1. The summed E-state index contributed by atoms with van der Waals surface area (Å²) in [6.07, 6.45) is 4.31. The lowest BCUT2D eigenvalue weighted by Crippen LogP contribution is -2.57. The first-order chi connectivity index (χ1) is 11.1. The predicted molar refractivity (Wildman–Crippen MR) is 95.4 cm³/mol. The van der Waals surface area contributed by atoms with Gasteiger partial charge in [-0.1, -0.05) is 12.8 Å². The second-order valence-corrected chi connectivity index (χ2v) is 10.1. The quantitative estimate of drug-likeness (QED) is 0.739. The molecule has 1 heterocycles. The van der Waals surface area contributed by atoms with Crippen LogP contribution in [0.3, 0.4) is 0 Å². The van der Waals surface area contributed by atoms with Gasteiger partial charge in [-0.05, 0) is 39.5 Å². The molecule has 2 atom stereocenters. The fourth-order valence-electron chi connectivity index (χ4n) is 3.99. The number of nitrogens with zero attached hydrogens (tertiary/aromatic N) is 2. The number of sulfonamides is 1. The molecule has 0 spiro atoms. The number of ether oxygens (including phenoxy) is 1. The van der Waals surface area contributed by atoms with Crippen LogP contribution >= 0.6 is 0 Å². The molecule has 142 valence electrons. The minimum absolute atomic E-state index is 0.0897. The molecule has 0 bridgehead atoms. The Labute approximate surface area is 147 Å². The van der Waals surface area contributed by atoms with E-state index in [1.54, 1.807) is 25.3 Å². The Morgan fingerprint density at radius 2 is 1.88 bits per heavy atom. The standard InChI is InChI=1S/C17H34N2O4S/c1-14-11-19(10-9-18(14)13-17(2,3)20)24(21,22)12-16(23-4)15-7-5-6-8-15/h14-16,20H,5-13H2,1-4H3. The lowest BCUT2D eigenvalue weighted by atomic mass is 10.0. The maximum atomic E-state index is 12.8. The molecule has 1 aliphatic heterocycles. The monoisotopic (exact) mass is 362 g/mol. The van der Waals surface area contributed by atoms with Gasteiger partial charge >= 0.3 is 0 Å². The van der Waals surface area contributed by atoms with Crippen LogP contribution in [0.15, 0.2) is 0 Å². The molecule has 0 aromatic rings. The minimum atomic E-state index is -3.31. The van der Waals surface area contributed by atoms with E-state index in [4.69, 9.17) is 4.74 Å². The fraction of sp³-hybridized carbons (Fsp3) is 1.00. The molecule has 2 fully saturated rings. The van der Waals surface area contributed by atoms with E-state index in [9.17, 15) is 13.5 Å². The van der Waals surface area contributed by atoms with E-state index in [0.717, 1.165) is 12.8 Å². The van der Waals surface area contributed by atoms with Gasteiger partial charge in [-0.3, -0.25) is 4.90 Å². The number of hydrogen-bond acceptors (Lipinski definition) is 5. The van der Waals surface area contributed by atoms with Crippen molar-refractivity contribution in [3.8, 4) is 0 Å². The van der Waals surface area contributed by atoms with Gasteiger partial charge in [0.15, 0.2) is 0 Å². The molecule has 0 amide bonds. The van der Waals surface area contributed by atoms with Crippen molar-refractivity contribution in [1.29, 1.82) is 0 Å². The Hall–Kier alpha value is -0.210. The first-order valence-corrected chi connectivity index (χ1v) is 10.7. The summed E-state index contributed by atoms with van der Waals surface area (Å²) in [5.41, 5.74) is -0.765. The lowest BCUT2D eigenvalue weighted by Gasteiger charge is -2.41. The van der Waals surface area contributed by atoms with Crippen LogP contribution in [0.2, 0.25) is 0 Å². The van der Waals surface area contributed by atoms with Gasteiger partial charge in [0.25, 0.3) is 0 Å². The molecule has 1 aliphatic carbocycles. The van der Waals surface area contributed by atoms with Crippen molar-refractivity contribution in [2.75, 3.05) is 39.0 Å². The second-order valence-electron chi connectivity index (χ2n) is 8.09. The molecule has 1 saturated heterocycles. The van der Waals surface area contributed by atoms with E-state index < -0.39 is 15.6 Å². The summed E-state index contributed by atoms with van der Waals surface area (Å²) in [5.74, 6) is 0.463. The Morgan fingerprint density at radius 1 is 1.25 bits per heavy atom. The van der Waals surface area contributed by atoms with Crippen molar-refractivity contribution >= 4 is 10.0 Å². The Kier molecular flexibility index (Phi) is 6.70. The summed E-state index contributed by atoms with van der Waals surface area (Å²) in [7, 11) is -1.69. The van der Waals surface area contributed by atoms with Crippen molar-refractivity contribution < 1.29 is 18.3 Å². The molecule has 24 heavy (non-hydrogen) atoms. The molecule has 7 heteroatoms. The van der Waals surface area contributed by atoms with Gasteiger partial charge in [-0.2, -0.15) is 4.31 Å². The van der Waals surface area contributed by atoms with Gasteiger partial charge < -0.3 is 9.84 Å². The minimum Gasteiger partial charge on any atom is -0.389 e. The summed E-state index contributed by atoms with van der Waals surface area (Å²) in [4.78, 5) is 2.16. The van der Waals surface area contributed by atoms with Gasteiger partial charge in [0, 0.05) is 39.3 Å². The van der Waals surface area contributed by atoms with Gasteiger partial charge in [0.1, 0.15) is 0 Å². The van der Waals surface area contributed by atoms with Gasteiger partial charge in [-0.15, -0.1) is 0 Å². The third-order valence-electron chi connectivity index (χ3n) is 5.31. The van der Waals surface area contributed by atoms with Gasteiger partial charge in [0.2, 0.25) is 10.0 Å². The number of rotatable bonds is 7. The van der Waals surface area contributed by atoms with E-state index >= 15 is 0 Å². The number of methoxy groups -OCH3 is 1. The average Bonchev–Trinajstić information content (AvgIpc) is 2.99. The molecule has 2 aliphatic rings. The zero-order valence-corrected chi connectivity index (χ0v) is 16.4. The molecule has 6 nitrogen and oxygen atoms in total. The highest BCUT2D eigenvalue weighted by Crippen LogP contribution is 2.30. The van der Waals surface area contributed by atoms with Crippen LogP contribution < -0.4 is 0 Å². The maximum absolute atomic E-state index is 12.8. The summed E-state index contributed by atoms with van der Waals surface area (Å²) in [6, 6.07) is 0.104. The smallest absolute Gasteiger partial charge is 0.216 e. The van der Waals surface area contributed by atoms with Gasteiger partial charge in [-0.25, -0.2) is 8.42 Å². The zero-order valence-electron chi connectivity index (χ0n) is 15.6. The molecule has 0 radical (unpaired) electrons. The molecular formula is C17H34N2O4S. The first-order valence-electron chi connectivity index (χ1n) is 9.09. The number of aliphatic hydroxyl groups is 1. The van der Waals surface area contributed by atoms with Crippen LogP contribution in [0, 0.1) is 5.92 Å². The Balaban J connectivity index is 1.95. The highest BCUT2D eigenvalue weighted by atomic mass is 32.2. The maximum Gasteiger partial charge on any atom is 0.216 e. The molecule has 2 unspecified atom stereocenters. The van der Waals surface area contributed by atoms with Crippen LogP contribution in [0.25, 0.3) is 0 Å². The van der Waals surface area contributed by atoms with Crippen molar-refractivity contribution in [3.63, 3.8) is 0 Å². The van der Waals surface area contributed by atoms with Crippen molar-refractivity contribution in [2.24, 2.45) is 5.92 Å². The summed E-state index contributed by atoms with van der Waals surface area (Å²) in [5, 5.41) is 10.00. The third kappa shape index (κ3) is 5.39. The van der Waals surface area contributed by atoms with Crippen molar-refractivity contribution in [2.45, 2.75) is 64.2 Å². The molecule has 1 N–H and O–H groups in total. The predicted octanol–water partition coefficient (Wildman–Crippen LogP) is 1.30.